The number of fused-ring (bicyclic) bond motifs is 3. The molecule has 0 unspecified atom stereocenters. The Kier molecular flexibility index (Phi) is 2.84. The Bertz CT molecular complexity index is 533. The molecule has 1 aliphatic heterocycles. The first-order chi connectivity index (χ1) is 9.74. The average Bonchev–Trinajstić information content (AvgIpc) is 2.95. The lowest BCUT2D eigenvalue weighted by Gasteiger charge is -2.28. The van der Waals surface area contributed by atoms with Gasteiger partial charge in [-0.05, 0) is 44.4 Å². The van der Waals surface area contributed by atoms with Crippen molar-refractivity contribution in [2.24, 2.45) is 11.8 Å². The highest BCUT2D eigenvalue weighted by Crippen LogP contribution is 2.55. The molecule has 0 spiro atoms. The Hall–Kier alpha value is -1.36. The molecule has 0 aromatic carbocycles. The molecule has 1 saturated carbocycles. The molecular weight excluding hydrogens is 254 g/mol. The molecular formula is C15H21N3O2. The van der Waals surface area contributed by atoms with Crippen LogP contribution < -0.4 is 5.32 Å². The maximum absolute atomic E-state index is 12.4. The van der Waals surface area contributed by atoms with E-state index in [0.29, 0.717) is 17.5 Å². The van der Waals surface area contributed by atoms with Crippen LogP contribution in [0, 0.1) is 11.8 Å². The first-order valence-corrected chi connectivity index (χ1v) is 7.69. The van der Waals surface area contributed by atoms with E-state index in [0.717, 1.165) is 38.4 Å². The van der Waals surface area contributed by atoms with Crippen LogP contribution in [0.15, 0.2) is 0 Å². The van der Waals surface area contributed by atoms with Crippen LogP contribution in [-0.2, 0) is 11.2 Å². The molecule has 5 heteroatoms. The Labute approximate surface area is 118 Å². The summed E-state index contributed by atoms with van der Waals surface area (Å²) in [6, 6.07) is 0.190. The van der Waals surface area contributed by atoms with Crippen molar-refractivity contribution < 1.29 is 9.53 Å². The zero-order valence-electron chi connectivity index (χ0n) is 11.8. The highest BCUT2D eigenvalue weighted by Gasteiger charge is 2.48. The average molecular weight is 275 g/mol. The van der Waals surface area contributed by atoms with Gasteiger partial charge in [-0.2, -0.15) is 5.10 Å². The number of carbonyl (C=O) groups excluding carboxylic acids is 1. The predicted octanol–water partition coefficient (Wildman–Crippen LogP) is 1.61. The number of hydrogen-bond acceptors (Lipinski definition) is 3. The summed E-state index contributed by atoms with van der Waals surface area (Å²) in [6.45, 7) is 3.72. The molecule has 4 rings (SSSR count). The van der Waals surface area contributed by atoms with Gasteiger partial charge in [0.1, 0.15) is 0 Å². The third-order valence-electron chi connectivity index (χ3n) is 5.21. The molecule has 1 aromatic rings. The van der Waals surface area contributed by atoms with Gasteiger partial charge in [-0.1, -0.05) is 0 Å². The number of hydrogen-bond donors (Lipinski definition) is 2. The summed E-state index contributed by atoms with van der Waals surface area (Å²) in [5.74, 6) is 1.95. The molecule has 2 aliphatic carbocycles. The van der Waals surface area contributed by atoms with E-state index in [1.165, 1.54) is 17.7 Å². The second-order valence-corrected chi connectivity index (χ2v) is 6.48. The summed E-state index contributed by atoms with van der Waals surface area (Å²) in [4.78, 5) is 12.4. The Morgan fingerprint density at radius 3 is 3.05 bits per heavy atom. The van der Waals surface area contributed by atoms with Crippen molar-refractivity contribution in [1.29, 1.82) is 0 Å². The molecule has 2 heterocycles. The monoisotopic (exact) mass is 275 g/mol. The quantitative estimate of drug-likeness (QED) is 0.880. The van der Waals surface area contributed by atoms with Crippen LogP contribution >= 0.6 is 0 Å². The van der Waals surface area contributed by atoms with Gasteiger partial charge in [-0.25, -0.2) is 0 Å². The van der Waals surface area contributed by atoms with Crippen LogP contribution in [0.4, 0.5) is 0 Å². The number of aromatic nitrogens is 2. The minimum Gasteiger partial charge on any atom is -0.381 e. The van der Waals surface area contributed by atoms with Crippen molar-refractivity contribution in [3.8, 4) is 0 Å². The molecule has 20 heavy (non-hydrogen) atoms. The molecule has 3 atom stereocenters. The zero-order chi connectivity index (χ0) is 13.7. The molecule has 5 nitrogen and oxygen atoms in total. The summed E-state index contributed by atoms with van der Waals surface area (Å²) in [5.41, 5.74) is 3.02. The summed E-state index contributed by atoms with van der Waals surface area (Å²) < 4.78 is 5.37. The fourth-order valence-electron chi connectivity index (χ4n) is 3.78. The number of ether oxygens (including phenoxy) is 1. The van der Waals surface area contributed by atoms with E-state index in [1.54, 1.807) is 0 Å². The fourth-order valence-corrected chi connectivity index (χ4v) is 3.78. The van der Waals surface area contributed by atoms with Crippen LogP contribution in [0.5, 0.6) is 0 Å². The fraction of sp³-hybridized carbons (Fsp3) is 0.733. The highest BCUT2D eigenvalue weighted by atomic mass is 16.5. The molecule has 1 amide bonds. The highest BCUT2D eigenvalue weighted by molar-refractivity contribution is 5.94. The van der Waals surface area contributed by atoms with Crippen LogP contribution in [0.3, 0.4) is 0 Å². The number of rotatable bonds is 3. The van der Waals surface area contributed by atoms with E-state index in [4.69, 9.17) is 4.74 Å². The number of nitrogens with one attached hydrogen (secondary N) is 2. The molecule has 2 N–H and O–H groups in total. The third-order valence-corrected chi connectivity index (χ3v) is 5.21. The minimum atomic E-state index is -0.0113. The van der Waals surface area contributed by atoms with Gasteiger partial charge in [-0.3, -0.25) is 9.89 Å². The zero-order valence-corrected chi connectivity index (χ0v) is 11.8. The number of amides is 1. The smallest absolute Gasteiger partial charge is 0.272 e. The number of nitrogens with zero attached hydrogens (tertiary/aromatic N) is 1. The molecule has 1 aromatic heterocycles. The first-order valence-electron chi connectivity index (χ1n) is 7.69. The molecule has 0 radical (unpaired) electrons. The van der Waals surface area contributed by atoms with E-state index in [-0.39, 0.29) is 11.9 Å². The van der Waals surface area contributed by atoms with Gasteiger partial charge in [0, 0.05) is 36.4 Å². The lowest BCUT2D eigenvalue weighted by Crippen LogP contribution is -2.40. The van der Waals surface area contributed by atoms with Gasteiger partial charge in [-0.15, -0.1) is 0 Å². The maximum Gasteiger partial charge on any atom is 0.272 e. The van der Waals surface area contributed by atoms with Crippen LogP contribution in [0.25, 0.3) is 0 Å². The largest absolute Gasteiger partial charge is 0.381 e. The van der Waals surface area contributed by atoms with Crippen LogP contribution in [-0.4, -0.2) is 35.4 Å². The molecule has 2 fully saturated rings. The van der Waals surface area contributed by atoms with Crippen molar-refractivity contribution >= 4 is 5.91 Å². The van der Waals surface area contributed by atoms with Gasteiger partial charge in [0.05, 0.1) is 0 Å². The Morgan fingerprint density at radius 1 is 1.45 bits per heavy atom. The number of aromatic amines is 1. The van der Waals surface area contributed by atoms with E-state index in [1.807, 2.05) is 0 Å². The number of carbonyl (C=O) groups is 1. The van der Waals surface area contributed by atoms with E-state index in [2.05, 4.69) is 22.4 Å². The van der Waals surface area contributed by atoms with Gasteiger partial charge in [0.25, 0.3) is 5.91 Å². The molecule has 1 saturated heterocycles. The standard InChI is InChI=1S/C15H21N3O2/c1-8(9-2-4-20-5-3-9)16-15(19)14-12-7-10-6-11(10)13(12)17-18-14/h8-11H,2-7H2,1H3,(H,16,19)(H,17,18)/t8-,10+,11+/m0/s1. The van der Waals surface area contributed by atoms with Crippen LogP contribution in [0.1, 0.15) is 53.8 Å². The van der Waals surface area contributed by atoms with Crippen molar-refractivity contribution in [2.45, 2.75) is 44.6 Å². The predicted molar refractivity (Wildman–Crippen MR) is 73.6 cm³/mol. The minimum absolute atomic E-state index is 0.0113. The van der Waals surface area contributed by atoms with Crippen molar-refractivity contribution in [2.75, 3.05) is 13.2 Å². The van der Waals surface area contributed by atoms with E-state index < -0.39 is 0 Å². The molecule has 108 valence electrons. The van der Waals surface area contributed by atoms with Gasteiger partial charge in [0.15, 0.2) is 5.69 Å². The first kappa shape index (κ1) is 12.4. The summed E-state index contributed by atoms with van der Waals surface area (Å²) >= 11 is 0. The second-order valence-electron chi connectivity index (χ2n) is 6.48. The lowest BCUT2D eigenvalue weighted by molar-refractivity contribution is 0.0537. The Morgan fingerprint density at radius 2 is 2.25 bits per heavy atom. The topological polar surface area (TPSA) is 67.0 Å². The summed E-state index contributed by atoms with van der Waals surface area (Å²) in [5, 5.41) is 10.5. The lowest BCUT2D eigenvalue weighted by atomic mass is 9.93. The summed E-state index contributed by atoms with van der Waals surface area (Å²) in [6.07, 6.45) is 4.37. The van der Waals surface area contributed by atoms with Crippen molar-refractivity contribution in [3.63, 3.8) is 0 Å². The molecule has 0 bridgehead atoms. The summed E-state index contributed by atoms with van der Waals surface area (Å²) in [7, 11) is 0. The van der Waals surface area contributed by atoms with Gasteiger partial charge < -0.3 is 10.1 Å². The van der Waals surface area contributed by atoms with Gasteiger partial charge >= 0.3 is 0 Å². The Balaban J connectivity index is 1.44. The van der Waals surface area contributed by atoms with Crippen LogP contribution in [0.2, 0.25) is 0 Å². The maximum atomic E-state index is 12.4. The van der Waals surface area contributed by atoms with E-state index in [9.17, 15) is 4.79 Å². The van der Waals surface area contributed by atoms with Crippen molar-refractivity contribution in [3.05, 3.63) is 17.0 Å². The third kappa shape index (κ3) is 1.95. The van der Waals surface area contributed by atoms with Gasteiger partial charge in [0.2, 0.25) is 0 Å². The molecule has 3 aliphatic rings. The second kappa shape index (κ2) is 4.58. The number of H-pyrrole nitrogens is 1. The SMILES string of the molecule is C[C@H](NC(=O)c1n[nH]c2c1C[C@H]1C[C@@H]21)C1CCOCC1. The van der Waals surface area contributed by atoms with Crippen molar-refractivity contribution in [1.82, 2.24) is 15.5 Å². The normalized spacial score (nSPS) is 29.6. The van der Waals surface area contributed by atoms with E-state index >= 15 is 0 Å².